The molecule has 0 spiro atoms. The number of piperazine rings is 1. The maximum atomic E-state index is 13.5. The zero-order chi connectivity index (χ0) is 30.1. The van der Waals surface area contributed by atoms with E-state index in [4.69, 9.17) is 16.6 Å². The number of aromatic nitrogens is 4. The van der Waals surface area contributed by atoms with Crippen LogP contribution in [0.5, 0.6) is 0 Å². The second kappa shape index (κ2) is 12.1. The number of rotatable bonds is 7. The van der Waals surface area contributed by atoms with Crippen LogP contribution in [0.1, 0.15) is 70.5 Å². The number of carbonyl (C=O) groups excluding carboxylic acids is 2. The molecule has 0 radical (unpaired) electrons. The van der Waals surface area contributed by atoms with Crippen LogP contribution in [-0.2, 0) is 5.88 Å². The number of pyridine rings is 2. The molecule has 0 atom stereocenters. The maximum Gasteiger partial charge on any atom is 0.263 e. The number of fused-ring (bicyclic) bond motifs is 1. The molecule has 0 unspecified atom stereocenters. The molecule has 1 aliphatic carbocycles. The van der Waals surface area contributed by atoms with E-state index >= 15 is 0 Å². The average molecular weight is 600 g/mol. The van der Waals surface area contributed by atoms with Gasteiger partial charge in [0.05, 0.1) is 17.4 Å². The predicted octanol–water partition coefficient (Wildman–Crippen LogP) is 5.26. The molecule has 2 aliphatic rings. The lowest BCUT2D eigenvalue weighted by Gasteiger charge is -2.36. The Morgan fingerprint density at radius 1 is 0.977 bits per heavy atom. The minimum Gasteiger partial charge on any atom is -0.367 e. The highest BCUT2D eigenvalue weighted by atomic mass is 35.5. The van der Waals surface area contributed by atoms with E-state index in [1.807, 2.05) is 41.3 Å². The van der Waals surface area contributed by atoms with Gasteiger partial charge >= 0.3 is 0 Å². The predicted molar refractivity (Wildman–Crippen MR) is 168 cm³/mol. The molecule has 4 aromatic rings. The second-order valence-electron chi connectivity index (χ2n) is 11.2. The van der Waals surface area contributed by atoms with Gasteiger partial charge in [-0.05, 0) is 62.1 Å². The normalized spacial score (nSPS) is 15.7. The molecule has 1 saturated carbocycles. The van der Waals surface area contributed by atoms with Crippen LogP contribution >= 0.6 is 11.6 Å². The number of nitrogens with zero attached hydrogens (tertiary/aromatic N) is 6. The highest BCUT2D eigenvalue weighted by molar-refractivity contribution is 6.17. The van der Waals surface area contributed by atoms with Gasteiger partial charge in [-0.15, -0.1) is 11.6 Å². The summed E-state index contributed by atoms with van der Waals surface area (Å²) in [6, 6.07) is 11.3. The fraction of sp³-hybridized carbons (Fsp3) is 0.375. The van der Waals surface area contributed by atoms with Crippen LogP contribution in [0.3, 0.4) is 0 Å². The van der Waals surface area contributed by atoms with Crippen molar-refractivity contribution in [2.45, 2.75) is 51.5 Å². The van der Waals surface area contributed by atoms with Gasteiger partial charge in [-0.2, -0.15) is 4.98 Å². The molecule has 4 heterocycles. The van der Waals surface area contributed by atoms with Crippen molar-refractivity contribution in [2.75, 3.05) is 36.4 Å². The number of anilines is 3. The summed E-state index contributed by atoms with van der Waals surface area (Å²) in [5.74, 6) is 1.12. The largest absolute Gasteiger partial charge is 0.367 e. The first kappa shape index (κ1) is 28.8. The third-order valence-electron chi connectivity index (χ3n) is 8.53. The van der Waals surface area contributed by atoms with Gasteiger partial charge in [-0.25, -0.2) is 9.97 Å². The first-order valence-corrected chi connectivity index (χ1v) is 15.2. The molecule has 11 heteroatoms. The molecule has 2 fully saturated rings. The van der Waals surface area contributed by atoms with E-state index in [2.05, 4.69) is 20.2 Å². The SMILES string of the molecule is CC(=O)c1c(C)c2cnc(Nc3ccc(N4CCN(C(=O)c5ccc(CCl)cc5)CC4)cn3)nc2n(C2CCCC2)c1=O. The van der Waals surface area contributed by atoms with E-state index in [1.165, 1.54) is 6.92 Å². The minimum atomic E-state index is -0.275. The number of amides is 1. The van der Waals surface area contributed by atoms with Crippen LogP contribution < -0.4 is 15.8 Å². The fourth-order valence-electron chi connectivity index (χ4n) is 6.16. The summed E-state index contributed by atoms with van der Waals surface area (Å²) in [5, 5.41) is 3.88. The summed E-state index contributed by atoms with van der Waals surface area (Å²) in [5.41, 5.74) is 3.71. The van der Waals surface area contributed by atoms with Crippen molar-refractivity contribution < 1.29 is 9.59 Å². The van der Waals surface area contributed by atoms with Crippen molar-refractivity contribution in [3.05, 3.63) is 81.4 Å². The number of nitrogens with one attached hydrogen (secondary N) is 1. The van der Waals surface area contributed by atoms with Gasteiger partial charge in [0, 0.05) is 55.2 Å². The topological polar surface area (TPSA) is 113 Å². The summed E-state index contributed by atoms with van der Waals surface area (Å²) in [7, 11) is 0. The third kappa shape index (κ3) is 5.71. The number of hydrogen-bond acceptors (Lipinski definition) is 8. The summed E-state index contributed by atoms with van der Waals surface area (Å²) < 4.78 is 1.70. The van der Waals surface area contributed by atoms with Crippen molar-refractivity contribution in [3.63, 3.8) is 0 Å². The molecule has 1 aliphatic heterocycles. The van der Waals surface area contributed by atoms with Crippen molar-refractivity contribution in [3.8, 4) is 0 Å². The number of Topliss-reactive ketones (excluding diaryl/α,β-unsaturated/α-hetero) is 1. The first-order chi connectivity index (χ1) is 20.8. The molecule has 10 nitrogen and oxygen atoms in total. The number of ketones is 1. The van der Waals surface area contributed by atoms with Gasteiger partial charge in [0.2, 0.25) is 5.95 Å². The van der Waals surface area contributed by atoms with E-state index < -0.39 is 0 Å². The first-order valence-electron chi connectivity index (χ1n) is 14.7. The summed E-state index contributed by atoms with van der Waals surface area (Å²) in [6.45, 7) is 5.86. The van der Waals surface area contributed by atoms with Crippen LogP contribution in [0.4, 0.5) is 17.5 Å². The lowest BCUT2D eigenvalue weighted by molar-refractivity contribution is 0.0746. The zero-order valence-corrected chi connectivity index (χ0v) is 25.1. The molecule has 1 N–H and O–H groups in total. The van der Waals surface area contributed by atoms with E-state index in [1.54, 1.807) is 23.9 Å². The number of hydrogen-bond donors (Lipinski definition) is 1. The molecule has 0 bridgehead atoms. The fourth-order valence-corrected chi connectivity index (χ4v) is 6.34. The molecular weight excluding hydrogens is 566 g/mol. The quantitative estimate of drug-likeness (QED) is 0.226. The van der Waals surface area contributed by atoms with Gasteiger partial charge in [-0.3, -0.25) is 19.0 Å². The minimum absolute atomic E-state index is 0.0149. The van der Waals surface area contributed by atoms with Crippen LogP contribution in [0.2, 0.25) is 0 Å². The Labute approximate surface area is 254 Å². The van der Waals surface area contributed by atoms with Crippen molar-refractivity contribution >= 4 is 51.8 Å². The van der Waals surface area contributed by atoms with Crippen LogP contribution in [0, 0.1) is 6.92 Å². The molecule has 43 heavy (non-hydrogen) atoms. The maximum absolute atomic E-state index is 13.5. The molecule has 1 saturated heterocycles. The van der Waals surface area contributed by atoms with Crippen LogP contribution in [-0.4, -0.2) is 62.3 Å². The highest BCUT2D eigenvalue weighted by Gasteiger charge is 2.26. The monoisotopic (exact) mass is 599 g/mol. The standard InChI is InChI=1S/C32H34ClN7O3/c1-20-26-19-35-32(37-29(26)40(24-5-3-4-6-24)31(43)28(20)21(2)41)36-27-12-11-25(18-34-27)38-13-15-39(16-14-38)30(42)23-9-7-22(17-33)8-10-23/h7-12,18-19,24H,3-6,13-17H2,1-2H3,(H,34,35,36,37). The Bertz CT molecular complexity index is 1720. The zero-order valence-electron chi connectivity index (χ0n) is 24.3. The Morgan fingerprint density at radius 2 is 1.70 bits per heavy atom. The van der Waals surface area contributed by atoms with Gasteiger partial charge in [0.15, 0.2) is 5.78 Å². The van der Waals surface area contributed by atoms with Gasteiger partial charge in [-0.1, -0.05) is 25.0 Å². The number of carbonyl (C=O) groups is 2. The van der Waals surface area contributed by atoms with E-state index in [0.29, 0.717) is 66.0 Å². The van der Waals surface area contributed by atoms with Gasteiger partial charge < -0.3 is 15.1 Å². The molecule has 222 valence electrons. The van der Waals surface area contributed by atoms with E-state index in [-0.39, 0.29) is 28.9 Å². The van der Waals surface area contributed by atoms with Crippen molar-refractivity contribution in [2.24, 2.45) is 0 Å². The lowest BCUT2D eigenvalue weighted by Crippen LogP contribution is -2.48. The van der Waals surface area contributed by atoms with Crippen molar-refractivity contribution in [1.82, 2.24) is 24.4 Å². The number of alkyl halides is 1. The number of halogens is 1. The van der Waals surface area contributed by atoms with Gasteiger partial charge in [0.1, 0.15) is 11.5 Å². The highest BCUT2D eigenvalue weighted by Crippen LogP contribution is 2.32. The lowest BCUT2D eigenvalue weighted by atomic mass is 10.0. The van der Waals surface area contributed by atoms with Crippen LogP contribution in [0.25, 0.3) is 11.0 Å². The molecular formula is C32H34ClN7O3. The third-order valence-corrected chi connectivity index (χ3v) is 8.83. The molecule has 3 aromatic heterocycles. The Hall–Kier alpha value is -4.31. The number of aryl methyl sites for hydroxylation is 1. The Kier molecular flexibility index (Phi) is 8.12. The Balaban J connectivity index is 1.16. The molecule has 1 amide bonds. The van der Waals surface area contributed by atoms with Gasteiger partial charge in [0.25, 0.3) is 11.5 Å². The summed E-state index contributed by atoms with van der Waals surface area (Å²) in [4.78, 5) is 56.7. The average Bonchev–Trinajstić information content (AvgIpc) is 3.56. The smallest absolute Gasteiger partial charge is 0.263 e. The summed E-state index contributed by atoms with van der Waals surface area (Å²) in [6.07, 6.45) is 7.33. The van der Waals surface area contributed by atoms with Crippen LogP contribution in [0.15, 0.2) is 53.6 Å². The number of benzene rings is 1. The second-order valence-corrected chi connectivity index (χ2v) is 11.5. The Morgan fingerprint density at radius 3 is 2.33 bits per heavy atom. The molecule has 1 aromatic carbocycles. The van der Waals surface area contributed by atoms with Crippen molar-refractivity contribution in [1.29, 1.82) is 0 Å². The van der Waals surface area contributed by atoms with E-state index in [9.17, 15) is 14.4 Å². The van der Waals surface area contributed by atoms with E-state index in [0.717, 1.165) is 36.9 Å². The summed E-state index contributed by atoms with van der Waals surface area (Å²) >= 11 is 5.87. The molecule has 6 rings (SSSR count).